The van der Waals surface area contributed by atoms with Gasteiger partial charge in [-0.15, -0.1) is 5.10 Å². The number of hydrogen-bond acceptors (Lipinski definition) is 5. The van der Waals surface area contributed by atoms with E-state index in [1.54, 1.807) is 15.6 Å². The number of amides is 2. The van der Waals surface area contributed by atoms with Crippen LogP contribution in [-0.2, 0) is 6.42 Å². The number of rotatable bonds is 3. The summed E-state index contributed by atoms with van der Waals surface area (Å²) in [6, 6.07) is 7.17. The fourth-order valence-electron chi connectivity index (χ4n) is 3.92. The largest absolute Gasteiger partial charge is 0.336 e. The fourth-order valence-corrected chi connectivity index (χ4v) is 4.43. The van der Waals surface area contributed by atoms with E-state index in [-0.39, 0.29) is 6.03 Å². The van der Waals surface area contributed by atoms with Crippen LogP contribution < -0.4 is 15.1 Å². The zero-order valence-corrected chi connectivity index (χ0v) is 17.8. The lowest BCUT2D eigenvalue weighted by molar-refractivity contribution is 0.252. The number of aromatic nitrogens is 4. The lowest BCUT2D eigenvalue weighted by atomic mass is 10.0. The molecule has 154 valence electrons. The zero-order chi connectivity index (χ0) is 20.8. The molecule has 0 spiro atoms. The smallest absolute Gasteiger partial charge is 0.323 e. The van der Waals surface area contributed by atoms with Crippen LogP contribution in [0.15, 0.2) is 30.5 Å². The topological polar surface area (TPSA) is 79.2 Å². The molecule has 0 radical (unpaired) electrons. The van der Waals surface area contributed by atoms with Crippen LogP contribution in [0.4, 0.5) is 22.1 Å². The third-order valence-electron chi connectivity index (χ3n) is 5.27. The van der Waals surface area contributed by atoms with E-state index in [0.29, 0.717) is 34.8 Å². The van der Waals surface area contributed by atoms with Crippen molar-refractivity contribution in [1.82, 2.24) is 25.1 Å². The summed E-state index contributed by atoms with van der Waals surface area (Å²) < 4.78 is 1.72. The Kier molecular flexibility index (Phi) is 4.75. The molecule has 2 amide bonds. The van der Waals surface area contributed by atoms with Gasteiger partial charge in [0, 0.05) is 42.5 Å². The van der Waals surface area contributed by atoms with Crippen LogP contribution in [0, 0.1) is 6.92 Å². The van der Waals surface area contributed by atoms with Gasteiger partial charge < -0.3 is 10.2 Å². The first-order valence-electron chi connectivity index (χ1n) is 9.73. The summed E-state index contributed by atoms with van der Waals surface area (Å²) in [5.74, 6) is 2.78. The molecule has 0 saturated carbocycles. The Labute approximate surface area is 183 Å². The van der Waals surface area contributed by atoms with Crippen LogP contribution in [0.5, 0.6) is 0 Å². The monoisotopic (exact) mass is 443 g/mol. The molecule has 2 aliphatic rings. The van der Waals surface area contributed by atoms with Crippen molar-refractivity contribution in [1.29, 1.82) is 0 Å². The molecule has 10 heteroatoms. The molecular formula is C20H19Cl2N7O. The Morgan fingerprint density at radius 3 is 2.67 bits per heavy atom. The first kappa shape index (κ1) is 19.1. The molecule has 0 bridgehead atoms. The number of carbonyl (C=O) groups is 1. The van der Waals surface area contributed by atoms with E-state index < -0.39 is 0 Å². The number of fused-ring (bicyclic) bond motifs is 1. The molecule has 1 saturated heterocycles. The summed E-state index contributed by atoms with van der Waals surface area (Å²) >= 11 is 12.6. The highest BCUT2D eigenvalue weighted by molar-refractivity contribution is 6.36. The van der Waals surface area contributed by atoms with Crippen molar-refractivity contribution < 1.29 is 4.79 Å². The summed E-state index contributed by atoms with van der Waals surface area (Å²) in [6.45, 7) is 3.87. The van der Waals surface area contributed by atoms with Gasteiger partial charge in [0.1, 0.15) is 11.6 Å². The second-order valence-electron chi connectivity index (χ2n) is 7.25. The Bertz CT molecular complexity index is 1150. The summed E-state index contributed by atoms with van der Waals surface area (Å²) in [5.41, 5.74) is 1.86. The van der Waals surface area contributed by atoms with Crippen molar-refractivity contribution in [3.8, 4) is 5.82 Å². The predicted octanol–water partition coefficient (Wildman–Crippen LogP) is 3.89. The van der Waals surface area contributed by atoms with Gasteiger partial charge in [-0.25, -0.2) is 19.4 Å². The van der Waals surface area contributed by atoms with Crippen molar-refractivity contribution in [3.63, 3.8) is 0 Å². The standard InChI is InChI=1S/C20H19Cl2N7O/c1-12-24-18-14(3-2-8-27(18)16-5-4-13(21)11-15(16)22)19(25-12)29-9-6-17(26-29)28-10-7-23-20(28)30/h4-6,9,11H,2-3,7-8,10H2,1H3,(H,23,30). The number of nitrogens with zero attached hydrogens (tertiary/aromatic N) is 6. The van der Waals surface area contributed by atoms with Crippen LogP contribution in [-0.4, -0.2) is 45.4 Å². The third-order valence-corrected chi connectivity index (χ3v) is 5.80. The number of halogens is 2. The Hall–Kier alpha value is -2.84. The van der Waals surface area contributed by atoms with Crippen molar-refractivity contribution in [3.05, 3.63) is 51.9 Å². The maximum Gasteiger partial charge on any atom is 0.323 e. The second kappa shape index (κ2) is 7.45. The number of urea groups is 1. The van der Waals surface area contributed by atoms with Gasteiger partial charge >= 0.3 is 6.03 Å². The number of aryl methyl sites for hydroxylation is 1. The zero-order valence-electron chi connectivity index (χ0n) is 16.3. The molecule has 0 unspecified atom stereocenters. The summed E-state index contributed by atoms with van der Waals surface area (Å²) in [4.78, 5) is 25.1. The van der Waals surface area contributed by atoms with Gasteiger partial charge in [-0.3, -0.25) is 4.90 Å². The average Bonchev–Trinajstić information content (AvgIpc) is 3.36. The molecule has 4 heterocycles. The van der Waals surface area contributed by atoms with Crippen LogP contribution in [0.2, 0.25) is 10.0 Å². The fraction of sp³-hybridized carbons (Fsp3) is 0.300. The quantitative estimate of drug-likeness (QED) is 0.663. The first-order chi connectivity index (χ1) is 14.5. The van der Waals surface area contributed by atoms with E-state index >= 15 is 0 Å². The maximum absolute atomic E-state index is 12.0. The highest BCUT2D eigenvalue weighted by Gasteiger charge is 2.28. The Morgan fingerprint density at radius 1 is 1.07 bits per heavy atom. The second-order valence-corrected chi connectivity index (χ2v) is 8.09. The van der Waals surface area contributed by atoms with E-state index in [1.165, 1.54) is 0 Å². The lowest BCUT2D eigenvalue weighted by Gasteiger charge is -2.31. The van der Waals surface area contributed by atoms with Crippen LogP contribution in [0.3, 0.4) is 0 Å². The average molecular weight is 444 g/mol. The summed E-state index contributed by atoms with van der Waals surface area (Å²) in [6.07, 6.45) is 3.58. The van der Waals surface area contributed by atoms with Crippen molar-refractivity contribution >= 4 is 46.6 Å². The van der Waals surface area contributed by atoms with Gasteiger partial charge in [0.2, 0.25) is 0 Å². The van der Waals surface area contributed by atoms with Crippen molar-refractivity contribution in [2.24, 2.45) is 0 Å². The molecule has 2 aromatic heterocycles. The van der Waals surface area contributed by atoms with Gasteiger partial charge in [-0.05, 0) is 38.0 Å². The molecular weight excluding hydrogens is 425 g/mol. The number of benzene rings is 1. The Balaban J connectivity index is 1.58. The molecule has 5 rings (SSSR count). The minimum absolute atomic E-state index is 0.135. The summed E-state index contributed by atoms with van der Waals surface area (Å²) in [7, 11) is 0. The van der Waals surface area contributed by atoms with Crippen LogP contribution >= 0.6 is 23.2 Å². The number of anilines is 3. The van der Waals surface area contributed by atoms with Gasteiger partial charge in [0.25, 0.3) is 0 Å². The van der Waals surface area contributed by atoms with Gasteiger partial charge in [0.15, 0.2) is 11.6 Å². The normalized spacial score (nSPS) is 16.0. The van der Waals surface area contributed by atoms with E-state index in [0.717, 1.165) is 42.3 Å². The molecule has 3 aromatic rings. The summed E-state index contributed by atoms with van der Waals surface area (Å²) in [5, 5.41) is 8.58. The van der Waals surface area contributed by atoms with E-state index in [1.807, 2.05) is 31.3 Å². The third kappa shape index (κ3) is 3.26. The minimum Gasteiger partial charge on any atom is -0.336 e. The van der Waals surface area contributed by atoms with Gasteiger partial charge in [0.05, 0.1) is 10.7 Å². The first-order valence-corrected chi connectivity index (χ1v) is 10.5. The molecule has 0 atom stereocenters. The molecule has 30 heavy (non-hydrogen) atoms. The SMILES string of the molecule is Cc1nc2c(c(-n3ccc(N4CCNC4=O)n3)n1)CCCN2c1ccc(Cl)cc1Cl. The lowest BCUT2D eigenvalue weighted by Crippen LogP contribution is -2.29. The molecule has 0 aliphatic carbocycles. The van der Waals surface area contributed by atoms with Crippen molar-refractivity contribution in [2.75, 3.05) is 29.4 Å². The molecule has 2 aliphatic heterocycles. The highest BCUT2D eigenvalue weighted by atomic mass is 35.5. The highest BCUT2D eigenvalue weighted by Crippen LogP contribution is 2.38. The number of nitrogens with one attached hydrogen (secondary N) is 1. The van der Waals surface area contributed by atoms with Gasteiger partial charge in [-0.2, -0.15) is 0 Å². The number of carbonyl (C=O) groups excluding carboxylic acids is 1. The van der Waals surface area contributed by atoms with Crippen molar-refractivity contribution in [2.45, 2.75) is 19.8 Å². The molecule has 8 nitrogen and oxygen atoms in total. The van der Waals surface area contributed by atoms with Gasteiger partial charge in [-0.1, -0.05) is 23.2 Å². The predicted molar refractivity (Wildman–Crippen MR) is 116 cm³/mol. The maximum atomic E-state index is 12.0. The minimum atomic E-state index is -0.135. The van der Waals surface area contributed by atoms with E-state index in [4.69, 9.17) is 28.2 Å². The van der Waals surface area contributed by atoms with E-state index in [9.17, 15) is 4.79 Å². The van der Waals surface area contributed by atoms with Crippen LogP contribution in [0.25, 0.3) is 5.82 Å². The van der Waals surface area contributed by atoms with E-state index in [2.05, 4.69) is 20.3 Å². The molecule has 1 fully saturated rings. The molecule has 1 N–H and O–H groups in total. The van der Waals surface area contributed by atoms with Crippen LogP contribution in [0.1, 0.15) is 17.8 Å². The Morgan fingerprint density at radius 2 is 1.90 bits per heavy atom. The number of hydrogen-bond donors (Lipinski definition) is 1. The molecule has 1 aromatic carbocycles.